The molecule has 6 heteroatoms. The number of esters is 1. The van der Waals surface area contributed by atoms with Crippen molar-refractivity contribution in [1.82, 2.24) is 0 Å². The zero-order chi connectivity index (χ0) is 16.5. The van der Waals surface area contributed by atoms with E-state index in [9.17, 15) is 4.79 Å². The molecule has 1 saturated heterocycles. The van der Waals surface area contributed by atoms with Crippen LogP contribution < -0.4 is 0 Å². The monoisotopic (exact) mass is 450 g/mol. The molecular weight excluding hydrogens is 421 g/mol. The van der Waals surface area contributed by atoms with Crippen molar-refractivity contribution in [1.29, 1.82) is 0 Å². The Kier molecular flexibility index (Phi) is 9.80. The maximum atomic E-state index is 11.7. The highest BCUT2D eigenvalue weighted by atomic mass is 127. The molecule has 1 aromatic carbocycles. The number of nitrogens with zero attached hydrogens (tertiary/aromatic N) is 1. The Morgan fingerprint density at radius 2 is 1.92 bits per heavy atom. The largest absolute Gasteiger partial charge is 0.454 e. The summed E-state index contributed by atoms with van der Waals surface area (Å²) in [4.78, 5) is 11.7. The number of ether oxygens (including phenoxy) is 3. The lowest BCUT2D eigenvalue weighted by molar-refractivity contribution is -0.919. The molecule has 24 heavy (non-hydrogen) atoms. The second-order valence-electron chi connectivity index (χ2n) is 6.33. The number of carbonyl (C=O) groups is 1. The van der Waals surface area contributed by atoms with Crippen molar-refractivity contribution in [3.05, 3.63) is 35.9 Å². The van der Waals surface area contributed by atoms with Crippen molar-refractivity contribution >= 4 is 29.9 Å². The number of hydrogen-bond acceptors (Lipinski definition) is 4. The summed E-state index contributed by atoms with van der Waals surface area (Å²) in [6, 6.07) is 10.0. The van der Waals surface area contributed by atoms with Crippen LogP contribution in [0.25, 0.3) is 0 Å². The minimum Gasteiger partial charge on any atom is -0.454 e. The third-order valence-electron chi connectivity index (χ3n) is 4.20. The predicted octanol–water partition coefficient (Wildman–Crippen LogP) is 2.62. The third kappa shape index (κ3) is 7.46. The van der Waals surface area contributed by atoms with Gasteiger partial charge in [0.25, 0.3) is 0 Å². The van der Waals surface area contributed by atoms with Crippen molar-refractivity contribution in [2.75, 3.05) is 46.5 Å². The van der Waals surface area contributed by atoms with Gasteiger partial charge < -0.3 is 18.7 Å². The van der Waals surface area contributed by atoms with Crippen LogP contribution in [0.5, 0.6) is 0 Å². The number of halogens is 1. The van der Waals surface area contributed by atoms with E-state index in [2.05, 4.69) is 7.05 Å². The second-order valence-corrected chi connectivity index (χ2v) is 6.33. The van der Waals surface area contributed by atoms with Crippen molar-refractivity contribution < 1.29 is 23.5 Å². The number of morpholine rings is 1. The number of hydrogen-bond donors (Lipinski definition) is 0. The highest BCUT2D eigenvalue weighted by molar-refractivity contribution is 14.0. The number of rotatable bonds is 8. The Morgan fingerprint density at radius 1 is 1.25 bits per heavy atom. The van der Waals surface area contributed by atoms with Crippen LogP contribution in [-0.2, 0) is 25.6 Å². The average Bonchev–Trinajstić information content (AvgIpc) is 2.56. The molecule has 1 atom stereocenters. The molecule has 0 amide bonds. The van der Waals surface area contributed by atoms with Crippen LogP contribution in [-0.4, -0.2) is 63.1 Å². The number of benzene rings is 1. The highest BCUT2D eigenvalue weighted by Gasteiger charge is 2.30. The molecule has 0 aliphatic carbocycles. The van der Waals surface area contributed by atoms with Crippen molar-refractivity contribution in [2.45, 2.75) is 26.1 Å². The summed E-state index contributed by atoms with van der Waals surface area (Å²) in [5.41, 5.74) is 1.12. The molecule has 1 aliphatic heterocycles. The summed E-state index contributed by atoms with van der Waals surface area (Å²) in [5, 5.41) is 0. The van der Waals surface area contributed by atoms with Gasteiger partial charge in [-0.2, -0.15) is 0 Å². The smallest absolute Gasteiger partial charge is 0.306 e. The van der Waals surface area contributed by atoms with Crippen molar-refractivity contribution in [3.63, 3.8) is 0 Å². The predicted molar refractivity (Wildman–Crippen MR) is 103 cm³/mol. The van der Waals surface area contributed by atoms with Crippen molar-refractivity contribution in [3.8, 4) is 0 Å². The number of carbonyl (C=O) groups excluding carboxylic acids is 1. The first-order valence-electron chi connectivity index (χ1n) is 8.34. The van der Waals surface area contributed by atoms with E-state index in [1.165, 1.54) is 0 Å². The molecule has 0 bridgehead atoms. The fourth-order valence-corrected chi connectivity index (χ4v) is 2.73. The Labute approximate surface area is 161 Å². The van der Waals surface area contributed by atoms with E-state index in [4.69, 9.17) is 14.2 Å². The van der Waals surface area contributed by atoms with Gasteiger partial charge in [0.15, 0.2) is 6.10 Å². The molecule has 0 aromatic heterocycles. The van der Waals surface area contributed by atoms with Gasteiger partial charge in [-0.3, -0.25) is 4.79 Å². The summed E-state index contributed by atoms with van der Waals surface area (Å²) in [7, 11) is 2.19. The summed E-state index contributed by atoms with van der Waals surface area (Å²) in [6.45, 7) is 6.95. The third-order valence-corrected chi connectivity index (χ3v) is 4.20. The van der Waals surface area contributed by atoms with Gasteiger partial charge in [-0.05, 0) is 5.56 Å². The van der Waals surface area contributed by atoms with E-state index < -0.39 is 0 Å². The molecule has 0 radical (unpaired) electrons. The Morgan fingerprint density at radius 3 is 2.54 bits per heavy atom. The quantitative estimate of drug-likeness (QED) is 0.347. The molecule has 1 aliphatic rings. The Bertz CT molecular complexity index is 477. The van der Waals surface area contributed by atoms with E-state index in [0.717, 1.165) is 42.9 Å². The van der Waals surface area contributed by atoms with Gasteiger partial charge in [0.2, 0.25) is 0 Å². The lowest BCUT2D eigenvalue weighted by Crippen LogP contribution is -2.56. The van der Waals surface area contributed by atoms with E-state index in [1.807, 2.05) is 37.3 Å². The lowest BCUT2D eigenvalue weighted by atomic mass is 10.2. The molecule has 0 spiro atoms. The van der Waals surface area contributed by atoms with Crippen LogP contribution >= 0.6 is 24.0 Å². The van der Waals surface area contributed by atoms with Crippen molar-refractivity contribution in [2.24, 2.45) is 0 Å². The summed E-state index contributed by atoms with van der Waals surface area (Å²) < 4.78 is 17.7. The standard InChI is InChI=1S/C18H28NO4.HI/c1-3-18(20)23-17(13-19(2)9-11-21-12-10-19)15-22-14-16-7-5-4-6-8-16;/h4-8,17H,3,9-15H2,1-2H3;1H/q+1;. The first kappa shape index (κ1) is 21.3. The molecule has 1 aromatic rings. The van der Waals surface area contributed by atoms with Crippen LogP contribution in [0.1, 0.15) is 18.9 Å². The Balaban J connectivity index is 0.00000288. The molecule has 1 unspecified atom stereocenters. The van der Waals surface area contributed by atoms with Gasteiger partial charge in [0.1, 0.15) is 19.6 Å². The fourth-order valence-electron chi connectivity index (χ4n) is 2.73. The zero-order valence-electron chi connectivity index (χ0n) is 14.6. The van der Waals surface area contributed by atoms with Crippen LogP contribution in [0.2, 0.25) is 0 Å². The summed E-state index contributed by atoms with van der Waals surface area (Å²) in [5.74, 6) is -0.168. The summed E-state index contributed by atoms with van der Waals surface area (Å²) >= 11 is 0. The first-order valence-corrected chi connectivity index (χ1v) is 8.34. The minimum absolute atomic E-state index is 0. The topological polar surface area (TPSA) is 44.8 Å². The van der Waals surface area contributed by atoms with Crippen LogP contribution in [0.4, 0.5) is 0 Å². The maximum Gasteiger partial charge on any atom is 0.306 e. The van der Waals surface area contributed by atoms with Crippen LogP contribution in [0.3, 0.4) is 0 Å². The number of likely N-dealkylation sites (N-methyl/N-ethyl adjacent to an activating group) is 1. The maximum absolute atomic E-state index is 11.7. The number of quaternary nitrogens is 1. The van der Waals surface area contributed by atoms with E-state index in [0.29, 0.717) is 19.6 Å². The van der Waals surface area contributed by atoms with Gasteiger partial charge in [0, 0.05) is 6.42 Å². The zero-order valence-corrected chi connectivity index (χ0v) is 16.9. The van der Waals surface area contributed by atoms with Gasteiger partial charge in [0.05, 0.1) is 33.5 Å². The molecule has 1 fully saturated rings. The molecular formula is C18H29INO4+. The van der Waals surface area contributed by atoms with Gasteiger partial charge in [-0.25, -0.2) is 0 Å². The Hall–Kier alpha value is -0.700. The van der Waals surface area contributed by atoms with Gasteiger partial charge in [-0.1, -0.05) is 37.3 Å². The molecule has 0 N–H and O–H groups in total. The normalized spacial score (nSPS) is 17.6. The van der Waals surface area contributed by atoms with Gasteiger partial charge >= 0.3 is 5.97 Å². The molecule has 136 valence electrons. The van der Waals surface area contributed by atoms with E-state index >= 15 is 0 Å². The average molecular weight is 450 g/mol. The molecule has 1 heterocycles. The van der Waals surface area contributed by atoms with Gasteiger partial charge in [-0.15, -0.1) is 24.0 Å². The highest BCUT2D eigenvalue weighted by Crippen LogP contribution is 2.12. The van der Waals surface area contributed by atoms with E-state index in [1.54, 1.807) is 0 Å². The minimum atomic E-state index is -0.214. The second kappa shape index (κ2) is 11.0. The molecule has 5 nitrogen and oxygen atoms in total. The first-order chi connectivity index (χ1) is 11.1. The lowest BCUT2D eigenvalue weighted by Gasteiger charge is -2.39. The molecule has 2 rings (SSSR count). The van der Waals surface area contributed by atoms with E-state index in [-0.39, 0.29) is 36.0 Å². The molecule has 0 saturated carbocycles. The summed E-state index contributed by atoms with van der Waals surface area (Å²) in [6.07, 6.45) is 0.177. The van der Waals surface area contributed by atoms with Crippen LogP contribution in [0.15, 0.2) is 30.3 Å². The SMILES string of the molecule is CCC(=O)OC(COCc1ccccc1)C[N+]1(C)CCOCC1.I. The fraction of sp³-hybridized carbons (Fsp3) is 0.611. The van der Waals surface area contributed by atoms with Crippen LogP contribution in [0, 0.1) is 0 Å².